The summed E-state index contributed by atoms with van der Waals surface area (Å²) in [5.41, 5.74) is -1.20. The average Bonchev–Trinajstić information content (AvgIpc) is 2.21. The van der Waals surface area contributed by atoms with Crippen molar-refractivity contribution in [3.63, 3.8) is 0 Å². The lowest BCUT2D eigenvalue weighted by atomic mass is 9.61. The monoisotopic (exact) mass is 342 g/mol. The zero-order valence-corrected chi connectivity index (χ0v) is 18.3. The number of rotatable bonds is 7. The summed E-state index contributed by atoms with van der Waals surface area (Å²) in [6.07, 6.45) is 1.70. The molecule has 144 valence electrons. The number of hydrogen-bond donors (Lipinski definition) is 0. The summed E-state index contributed by atoms with van der Waals surface area (Å²) in [4.78, 5) is 13.1. The van der Waals surface area contributed by atoms with Crippen molar-refractivity contribution in [3.8, 4) is 0 Å². The van der Waals surface area contributed by atoms with Crippen LogP contribution in [0.3, 0.4) is 0 Å². The van der Waals surface area contributed by atoms with Crippen LogP contribution in [0, 0.1) is 16.2 Å². The Kier molecular flexibility index (Phi) is 7.58. The third kappa shape index (κ3) is 7.55. The van der Waals surface area contributed by atoms with Gasteiger partial charge in [-0.15, -0.1) is 0 Å². The minimum atomic E-state index is -0.546. The molecule has 0 heterocycles. The van der Waals surface area contributed by atoms with Gasteiger partial charge in [-0.25, -0.2) is 0 Å². The molecule has 3 heteroatoms. The molecule has 2 atom stereocenters. The fourth-order valence-corrected chi connectivity index (χ4v) is 3.31. The van der Waals surface area contributed by atoms with E-state index in [1.54, 1.807) is 0 Å². The van der Waals surface area contributed by atoms with E-state index < -0.39 is 11.0 Å². The van der Waals surface area contributed by atoms with E-state index in [9.17, 15) is 4.79 Å². The number of esters is 1. The Morgan fingerprint density at radius 2 is 1.33 bits per heavy atom. The van der Waals surface area contributed by atoms with Gasteiger partial charge in [0, 0.05) is 6.42 Å². The topological polar surface area (TPSA) is 35.5 Å². The Bertz CT molecular complexity index is 410. The van der Waals surface area contributed by atoms with E-state index in [4.69, 9.17) is 9.47 Å². The van der Waals surface area contributed by atoms with E-state index in [1.165, 1.54) is 0 Å². The molecule has 0 N–H and O–H groups in total. The molecule has 2 unspecified atom stereocenters. The maximum absolute atomic E-state index is 13.1. The lowest BCUT2D eigenvalue weighted by Crippen LogP contribution is -2.47. The molecule has 0 radical (unpaired) electrons. The van der Waals surface area contributed by atoms with Crippen molar-refractivity contribution < 1.29 is 14.3 Å². The van der Waals surface area contributed by atoms with Crippen molar-refractivity contribution in [3.05, 3.63) is 0 Å². The highest BCUT2D eigenvalue weighted by Crippen LogP contribution is 2.48. The summed E-state index contributed by atoms with van der Waals surface area (Å²) in [6.45, 7) is 25.0. The van der Waals surface area contributed by atoms with Crippen LogP contribution in [0.1, 0.15) is 95.9 Å². The Balaban J connectivity index is 5.25. The molecule has 24 heavy (non-hydrogen) atoms. The van der Waals surface area contributed by atoms with E-state index in [0.717, 1.165) is 6.42 Å². The maximum Gasteiger partial charge on any atom is 0.312 e. The van der Waals surface area contributed by atoms with E-state index in [1.807, 2.05) is 41.5 Å². The summed E-state index contributed by atoms with van der Waals surface area (Å²) < 4.78 is 11.8. The van der Waals surface area contributed by atoms with Crippen LogP contribution in [0.4, 0.5) is 0 Å². The largest absolute Gasteiger partial charge is 0.459 e. The first kappa shape index (κ1) is 23.4. The highest BCUT2D eigenvalue weighted by atomic mass is 16.6. The van der Waals surface area contributed by atoms with E-state index in [0.29, 0.717) is 6.42 Å². The van der Waals surface area contributed by atoms with Crippen LogP contribution in [-0.4, -0.2) is 23.8 Å². The molecule has 0 aromatic carbocycles. The van der Waals surface area contributed by atoms with Crippen LogP contribution in [0.2, 0.25) is 0 Å². The van der Waals surface area contributed by atoms with Gasteiger partial charge in [0.2, 0.25) is 0 Å². The fraction of sp³-hybridized carbons (Fsp3) is 0.952. The van der Waals surface area contributed by atoms with Gasteiger partial charge >= 0.3 is 5.97 Å². The smallest absolute Gasteiger partial charge is 0.312 e. The number of hydrogen-bond acceptors (Lipinski definition) is 3. The molecule has 0 aliphatic rings. The van der Waals surface area contributed by atoms with Gasteiger partial charge in [0.25, 0.3) is 0 Å². The molecule has 0 saturated heterocycles. The van der Waals surface area contributed by atoms with Gasteiger partial charge in [-0.1, -0.05) is 41.5 Å². The molecule has 3 nitrogen and oxygen atoms in total. The van der Waals surface area contributed by atoms with Crippen molar-refractivity contribution in [2.45, 2.75) is 114 Å². The molecule has 0 aliphatic carbocycles. The second kappa shape index (κ2) is 7.76. The maximum atomic E-state index is 13.1. The molecule has 0 aromatic heterocycles. The molecule has 0 rings (SSSR count). The Labute approximate surface area is 150 Å². The Morgan fingerprint density at radius 1 is 0.875 bits per heavy atom. The van der Waals surface area contributed by atoms with Crippen molar-refractivity contribution in [1.29, 1.82) is 0 Å². The van der Waals surface area contributed by atoms with E-state index >= 15 is 0 Å². The first-order valence-electron chi connectivity index (χ1n) is 9.28. The lowest BCUT2D eigenvalue weighted by Gasteiger charge is -2.45. The second-order valence-electron chi connectivity index (χ2n) is 10.7. The Morgan fingerprint density at radius 3 is 1.67 bits per heavy atom. The summed E-state index contributed by atoms with van der Waals surface area (Å²) in [5.74, 6) is -0.105. The lowest BCUT2D eigenvalue weighted by molar-refractivity contribution is -0.181. The van der Waals surface area contributed by atoms with Crippen LogP contribution in [-0.2, 0) is 14.3 Å². The first-order chi connectivity index (χ1) is 10.4. The van der Waals surface area contributed by atoms with Crippen molar-refractivity contribution in [2.75, 3.05) is 0 Å². The zero-order valence-electron chi connectivity index (χ0n) is 18.3. The summed E-state index contributed by atoms with van der Waals surface area (Å²) in [5, 5.41) is 0. The standard InChI is InChI=1S/C21H42O3/c1-15(2)23-16(3)13-20(10,11)24-17(22)21(12,19(7,8)9)14-18(4,5)6/h15-16H,13-14H2,1-12H3. The fourth-order valence-electron chi connectivity index (χ4n) is 3.31. The molecule has 0 saturated carbocycles. The summed E-state index contributed by atoms with van der Waals surface area (Å²) in [6, 6.07) is 0. The molecule has 0 aromatic rings. The van der Waals surface area contributed by atoms with Crippen molar-refractivity contribution >= 4 is 5.97 Å². The quantitative estimate of drug-likeness (QED) is 0.532. The highest BCUT2D eigenvalue weighted by Gasteiger charge is 2.49. The van der Waals surface area contributed by atoms with Gasteiger partial charge in [-0.3, -0.25) is 4.79 Å². The molecular weight excluding hydrogens is 300 g/mol. The number of carbonyl (C=O) groups is 1. The minimum absolute atomic E-state index is 0.0521. The third-order valence-corrected chi connectivity index (χ3v) is 4.64. The first-order valence-corrected chi connectivity index (χ1v) is 9.28. The average molecular weight is 343 g/mol. The van der Waals surface area contributed by atoms with Crippen LogP contribution < -0.4 is 0 Å². The molecule has 0 amide bonds. The van der Waals surface area contributed by atoms with Crippen LogP contribution in [0.5, 0.6) is 0 Å². The molecular formula is C21H42O3. The van der Waals surface area contributed by atoms with Gasteiger partial charge in [-0.2, -0.15) is 0 Å². The van der Waals surface area contributed by atoms with Crippen LogP contribution in [0.15, 0.2) is 0 Å². The normalized spacial score (nSPS) is 17.5. The van der Waals surface area contributed by atoms with E-state index in [-0.39, 0.29) is 29.0 Å². The number of ether oxygens (including phenoxy) is 2. The van der Waals surface area contributed by atoms with Gasteiger partial charge in [0.15, 0.2) is 0 Å². The zero-order chi connectivity index (χ0) is 19.6. The van der Waals surface area contributed by atoms with Crippen LogP contribution in [0.25, 0.3) is 0 Å². The van der Waals surface area contributed by atoms with Crippen molar-refractivity contribution in [1.82, 2.24) is 0 Å². The van der Waals surface area contributed by atoms with Crippen LogP contribution >= 0.6 is 0 Å². The second-order valence-corrected chi connectivity index (χ2v) is 10.7. The third-order valence-electron chi connectivity index (χ3n) is 4.64. The SMILES string of the molecule is CC(C)OC(C)CC(C)(C)OC(=O)C(C)(CC(C)(C)C)C(C)(C)C. The van der Waals surface area contributed by atoms with Crippen molar-refractivity contribution in [2.24, 2.45) is 16.2 Å². The predicted molar refractivity (Wildman–Crippen MR) is 102 cm³/mol. The molecule has 0 fully saturated rings. The molecule has 0 bridgehead atoms. The Hall–Kier alpha value is -0.570. The minimum Gasteiger partial charge on any atom is -0.459 e. The molecule has 0 aliphatic heterocycles. The summed E-state index contributed by atoms with van der Waals surface area (Å²) >= 11 is 0. The van der Waals surface area contributed by atoms with Gasteiger partial charge < -0.3 is 9.47 Å². The number of carbonyl (C=O) groups excluding carboxylic acids is 1. The summed E-state index contributed by atoms with van der Waals surface area (Å²) in [7, 11) is 0. The molecule has 0 spiro atoms. The van der Waals surface area contributed by atoms with Gasteiger partial charge in [0.1, 0.15) is 5.60 Å². The van der Waals surface area contributed by atoms with Gasteiger partial charge in [-0.05, 0) is 58.8 Å². The predicted octanol–water partition coefficient (Wildman–Crippen LogP) is 6.00. The highest BCUT2D eigenvalue weighted by molar-refractivity contribution is 5.78. The van der Waals surface area contributed by atoms with E-state index in [2.05, 4.69) is 41.5 Å². The van der Waals surface area contributed by atoms with Gasteiger partial charge in [0.05, 0.1) is 17.6 Å².